The van der Waals surface area contributed by atoms with Gasteiger partial charge in [0, 0.05) is 32.5 Å². The van der Waals surface area contributed by atoms with Crippen LogP contribution in [0.5, 0.6) is 0 Å². The summed E-state index contributed by atoms with van der Waals surface area (Å²) in [6.45, 7) is 0.737. The number of amides is 1. The summed E-state index contributed by atoms with van der Waals surface area (Å²) < 4.78 is 39.9. The lowest BCUT2D eigenvalue weighted by Gasteiger charge is -2.34. The molecule has 6 nitrogen and oxygen atoms in total. The van der Waals surface area contributed by atoms with Gasteiger partial charge in [-0.1, -0.05) is 0 Å². The molecule has 1 aliphatic rings. The minimum atomic E-state index is -4.43. The lowest BCUT2D eigenvalue weighted by atomic mass is 10.2. The lowest BCUT2D eigenvalue weighted by Crippen LogP contribution is -2.50. The number of carbonyl (C=O) groups excluding carboxylic acids is 1. The van der Waals surface area contributed by atoms with Crippen molar-refractivity contribution >= 4 is 17.4 Å². The Bertz CT molecular complexity index is 727. The largest absolute Gasteiger partial charge is 0.416 e. The van der Waals surface area contributed by atoms with Crippen LogP contribution >= 0.6 is 0 Å². The van der Waals surface area contributed by atoms with Gasteiger partial charge in [0.2, 0.25) is 5.91 Å². The number of carbonyl (C=O) groups is 1. The molecule has 0 bridgehead atoms. The predicted molar refractivity (Wildman–Crippen MR) is 77.0 cm³/mol. The number of alkyl halides is 3. The van der Waals surface area contributed by atoms with Crippen LogP contribution < -0.4 is 9.80 Å². The van der Waals surface area contributed by atoms with Crippen LogP contribution in [0.3, 0.4) is 0 Å². The number of aromatic nitrogens is 3. The Morgan fingerprint density at radius 3 is 2.65 bits per heavy atom. The van der Waals surface area contributed by atoms with E-state index in [0.29, 0.717) is 18.8 Å². The van der Waals surface area contributed by atoms with Crippen molar-refractivity contribution in [2.24, 2.45) is 7.05 Å². The second kappa shape index (κ2) is 5.56. The number of hydrogen-bond donors (Lipinski definition) is 0. The first-order valence-corrected chi connectivity index (χ1v) is 6.92. The number of halogens is 3. The summed E-state index contributed by atoms with van der Waals surface area (Å²) in [6.07, 6.45) is -0.0263. The Hall–Kier alpha value is -2.58. The third-order valence-electron chi connectivity index (χ3n) is 3.62. The van der Waals surface area contributed by atoms with Crippen molar-refractivity contribution in [1.82, 2.24) is 14.8 Å². The number of rotatable bonds is 2. The van der Waals surface area contributed by atoms with Crippen molar-refractivity contribution in [3.05, 3.63) is 36.3 Å². The number of piperazine rings is 1. The molecule has 0 aromatic carbocycles. The highest BCUT2D eigenvalue weighted by Crippen LogP contribution is 2.31. The molecular weight excluding hydrogens is 311 g/mol. The van der Waals surface area contributed by atoms with E-state index in [2.05, 4.69) is 10.1 Å². The smallest absolute Gasteiger partial charge is 0.345 e. The van der Waals surface area contributed by atoms with E-state index in [1.165, 1.54) is 0 Å². The maximum absolute atomic E-state index is 12.8. The van der Waals surface area contributed by atoms with Gasteiger partial charge in [-0.15, -0.1) is 0 Å². The fraction of sp³-hybridized carbons (Fsp3) is 0.357. The quantitative estimate of drug-likeness (QED) is 0.843. The highest BCUT2D eigenvalue weighted by molar-refractivity contribution is 5.97. The second-order valence-electron chi connectivity index (χ2n) is 5.24. The third kappa shape index (κ3) is 3.13. The molecule has 0 N–H and O–H groups in total. The van der Waals surface area contributed by atoms with Gasteiger partial charge in [-0.05, 0) is 12.1 Å². The van der Waals surface area contributed by atoms with Gasteiger partial charge in [-0.2, -0.15) is 18.3 Å². The molecule has 1 fully saturated rings. The second-order valence-corrected chi connectivity index (χ2v) is 5.24. The molecule has 2 aromatic heterocycles. The molecule has 0 unspecified atom stereocenters. The molecule has 0 aliphatic carbocycles. The maximum atomic E-state index is 12.8. The normalized spacial score (nSPS) is 16.1. The van der Waals surface area contributed by atoms with Crippen molar-refractivity contribution in [3.8, 4) is 0 Å². The summed E-state index contributed by atoms with van der Waals surface area (Å²) in [6, 6.07) is 1.88. The summed E-state index contributed by atoms with van der Waals surface area (Å²) >= 11 is 0. The summed E-state index contributed by atoms with van der Waals surface area (Å²) in [5.74, 6) is -0.0533. The summed E-state index contributed by atoms with van der Waals surface area (Å²) in [7, 11) is 1.75. The average molecular weight is 325 g/mol. The molecular formula is C14H14F3N5O. The maximum Gasteiger partial charge on any atom is 0.416 e. The van der Waals surface area contributed by atoms with E-state index in [1.54, 1.807) is 33.9 Å². The third-order valence-corrected chi connectivity index (χ3v) is 3.62. The number of hydrogen-bond acceptors (Lipinski definition) is 4. The molecule has 122 valence electrons. The molecule has 0 radical (unpaired) electrons. The van der Waals surface area contributed by atoms with Gasteiger partial charge in [-0.25, -0.2) is 4.98 Å². The van der Waals surface area contributed by atoms with Crippen LogP contribution in [-0.2, 0) is 18.0 Å². The van der Waals surface area contributed by atoms with Crippen LogP contribution in [0, 0.1) is 0 Å². The van der Waals surface area contributed by atoms with E-state index >= 15 is 0 Å². The minimum Gasteiger partial charge on any atom is -0.345 e. The van der Waals surface area contributed by atoms with Crippen molar-refractivity contribution in [2.75, 3.05) is 29.4 Å². The molecule has 1 saturated heterocycles. The summed E-state index contributed by atoms with van der Waals surface area (Å²) in [4.78, 5) is 19.3. The summed E-state index contributed by atoms with van der Waals surface area (Å²) in [5.41, 5.74) is -0.0983. The van der Waals surface area contributed by atoms with Gasteiger partial charge in [-0.3, -0.25) is 9.48 Å². The Morgan fingerprint density at radius 2 is 2.04 bits per heavy atom. The van der Waals surface area contributed by atoms with Crippen LogP contribution in [0.15, 0.2) is 30.7 Å². The number of nitrogens with zero attached hydrogens (tertiary/aromatic N) is 5. The van der Waals surface area contributed by atoms with E-state index in [0.717, 1.165) is 18.3 Å². The van der Waals surface area contributed by atoms with E-state index in [-0.39, 0.29) is 18.3 Å². The monoisotopic (exact) mass is 325 g/mol. The van der Waals surface area contributed by atoms with Gasteiger partial charge in [0.15, 0.2) is 0 Å². The lowest BCUT2D eigenvalue weighted by molar-refractivity contribution is -0.137. The highest BCUT2D eigenvalue weighted by Gasteiger charge is 2.32. The average Bonchev–Trinajstić information content (AvgIpc) is 2.93. The fourth-order valence-electron chi connectivity index (χ4n) is 2.46. The minimum absolute atomic E-state index is 0.0246. The van der Waals surface area contributed by atoms with Crippen molar-refractivity contribution in [2.45, 2.75) is 6.18 Å². The van der Waals surface area contributed by atoms with Crippen LogP contribution in [0.25, 0.3) is 0 Å². The molecule has 0 spiro atoms. The standard InChI is InChI=1S/C14H14F3N5O/c1-20-8-11(7-19-20)22-5-4-21(9-13(22)23)12-6-10(2-3-18-12)14(15,16)17/h2-3,6-8H,4-5,9H2,1H3. The van der Waals surface area contributed by atoms with Gasteiger partial charge >= 0.3 is 6.18 Å². The van der Waals surface area contributed by atoms with E-state index in [9.17, 15) is 18.0 Å². The van der Waals surface area contributed by atoms with E-state index in [4.69, 9.17) is 0 Å². The van der Waals surface area contributed by atoms with Crippen LogP contribution in [-0.4, -0.2) is 40.3 Å². The molecule has 3 rings (SSSR count). The first-order chi connectivity index (χ1) is 10.8. The number of anilines is 2. The molecule has 23 heavy (non-hydrogen) atoms. The van der Waals surface area contributed by atoms with Gasteiger partial charge < -0.3 is 9.80 Å². The molecule has 3 heterocycles. The zero-order valence-corrected chi connectivity index (χ0v) is 12.3. The molecule has 9 heteroatoms. The predicted octanol–water partition coefficient (Wildman–Crippen LogP) is 1.69. The Morgan fingerprint density at radius 1 is 1.26 bits per heavy atom. The first kappa shape index (κ1) is 15.3. The SMILES string of the molecule is Cn1cc(N2CCN(c3cc(C(F)(F)F)ccn3)CC2=O)cn1. The zero-order chi connectivity index (χ0) is 16.6. The number of aryl methyl sites for hydroxylation is 1. The van der Waals surface area contributed by atoms with Crippen LogP contribution in [0.4, 0.5) is 24.7 Å². The molecule has 0 atom stereocenters. The Balaban J connectivity index is 1.76. The fourth-order valence-corrected chi connectivity index (χ4v) is 2.46. The van der Waals surface area contributed by atoms with Crippen molar-refractivity contribution in [3.63, 3.8) is 0 Å². The molecule has 2 aromatic rings. The van der Waals surface area contributed by atoms with Gasteiger partial charge in [0.1, 0.15) is 5.82 Å². The topological polar surface area (TPSA) is 54.3 Å². The van der Waals surface area contributed by atoms with Crippen molar-refractivity contribution in [1.29, 1.82) is 0 Å². The molecule has 1 aliphatic heterocycles. The van der Waals surface area contributed by atoms with Crippen molar-refractivity contribution < 1.29 is 18.0 Å². The van der Waals surface area contributed by atoms with E-state index in [1.807, 2.05) is 0 Å². The first-order valence-electron chi connectivity index (χ1n) is 6.92. The molecule has 0 saturated carbocycles. The number of pyridine rings is 1. The van der Waals surface area contributed by atoms with Crippen LogP contribution in [0.2, 0.25) is 0 Å². The van der Waals surface area contributed by atoms with Gasteiger partial charge in [0.05, 0.1) is 24.0 Å². The van der Waals surface area contributed by atoms with E-state index < -0.39 is 11.7 Å². The zero-order valence-electron chi connectivity index (χ0n) is 12.3. The Labute approximate surface area is 130 Å². The molecule has 1 amide bonds. The highest BCUT2D eigenvalue weighted by atomic mass is 19.4. The van der Waals surface area contributed by atoms with Gasteiger partial charge in [0.25, 0.3) is 0 Å². The Kier molecular flexibility index (Phi) is 3.70. The van der Waals surface area contributed by atoms with Crippen LogP contribution in [0.1, 0.15) is 5.56 Å². The summed E-state index contributed by atoms with van der Waals surface area (Å²) in [5, 5.41) is 4.01.